The van der Waals surface area contributed by atoms with Gasteiger partial charge in [0.2, 0.25) is 0 Å². The largest absolute Gasteiger partial charge is 0.451 e. The molecule has 0 saturated carbocycles. The van der Waals surface area contributed by atoms with Crippen LogP contribution in [0.1, 0.15) is 28.7 Å². The number of anilines is 1. The molecule has 0 aliphatic rings. The number of hydrogen-bond acceptors (Lipinski definition) is 5. The van der Waals surface area contributed by atoms with Crippen LogP contribution in [0, 0.1) is 6.92 Å². The molecule has 1 aromatic heterocycles. The van der Waals surface area contributed by atoms with E-state index in [1.807, 2.05) is 54.6 Å². The molecule has 3 aromatic rings. The molecule has 27 heavy (non-hydrogen) atoms. The van der Waals surface area contributed by atoms with Gasteiger partial charge in [0.25, 0.3) is 5.91 Å². The van der Waals surface area contributed by atoms with Gasteiger partial charge in [0, 0.05) is 5.69 Å². The van der Waals surface area contributed by atoms with Crippen LogP contribution < -0.4 is 5.32 Å². The van der Waals surface area contributed by atoms with Crippen molar-refractivity contribution in [2.75, 3.05) is 11.9 Å². The average molecular weight is 364 g/mol. The maximum Gasteiger partial charge on any atom is 0.361 e. The quantitative estimate of drug-likeness (QED) is 0.680. The fraction of sp³-hybridized carbons (Fsp3) is 0.200. The van der Waals surface area contributed by atoms with Gasteiger partial charge in [-0.3, -0.25) is 4.79 Å². The summed E-state index contributed by atoms with van der Waals surface area (Å²) in [7, 11) is 0. The number of nitrogens with one attached hydrogen (secondary N) is 1. The van der Waals surface area contributed by atoms with Crippen molar-refractivity contribution in [1.82, 2.24) is 15.0 Å². The highest BCUT2D eigenvalue weighted by Crippen LogP contribution is 2.11. The lowest BCUT2D eigenvalue weighted by atomic mass is 10.1. The Balaban J connectivity index is 1.59. The van der Waals surface area contributed by atoms with Gasteiger partial charge in [0.1, 0.15) is 0 Å². The number of ether oxygens (including phenoxy) is 1. The third-order valence-corrected chi connectivity index (χ3v) is 3.94. The van der Waals surface area contributed by atoms with Crippen molar-refractivity contribution < 1.29 is 14.3 Å². The lowest BCUT2D eigenvalue weighted by Gasteiger charge is -2.06. The first-order valence-corrected chi connectivity index (χ1v) is 8.62. The van der Waals surface area contributed by atoms with Crippen molar-refractivity contribution in [3.8, 4) is 5.69 Å². The molecule has 0 radical (unpaired) electrons. The molecule has 1 N–H and O–H groups in total. The molecule has 0 unspecified atom stereocenters. The van der Waals surface area contributed by atoms with E-state index in [0.29, 0.717) is 11.4 Å². The van der Waals surface area contributed by atoms with Crippen molar-refractivity contribution in [2.24, 2.45) is 0 Å². The Labute approximate surface area is 157 Å². The Morgan fingerprint density at radius 1 is 1.04 bits per heavy atom. The van der Waals surface area contributed by atoms with Gasteiger partial charge in [-0.1, -0.05) is 37.3 Å². The molecule has 1 heterocycles. The zero-order valence-corrected chi connectivity index (χ0v) is 15.2. The van der Waals surface area contributed by atoms with Crippen LogP contribution in [0.5, 0.6) is 0 Å². The first-order valence-electron chi connectivity index (χ1n) is 8.62. The predicted octanol–water partition coefficient (Wildman–Crippen LogP) is 2.93. The number of aryl methyl sites for hydroxylation is 2. The third kappa shape index (κ3) is 4.58. The number of carbonyl (C=O) groups is 2. The number of para-hydroxylation sites is 1. The van der Waals surface area contributed by atoms with E-state index in [1.165, 1.54) is 10.4 Å². The van der Waals surface area contributed by atoms with Crippen LogP contribution in [0.15, 0.2) is 54.6 Å². The van der Waals surface area contributed by atoms with Gasteiger partial charge in [-0.25, -0.2) is 4.79 Å². The summed E-state index contributed by atoms with van der Waals surface area (Å²) in [5.41, 5.74) is 3.07. The summed E-state index contributed by atoms with van der Waals surface area (Å²) in [6, 6.07) is 16.7. The summed E-state index contributed by atoms with van der Waals surface area (Å²) in [6.07, 6.45) is 0.925. The van der Waals surface area contributed by atoms with Crippen LogP contribution in [0.3, 0.4) is 0 Å². The molecule has 0 saturated heterocycles. The average Bonchev–Trinajstić information content (AvgIpc) is 3.09. The molecule has 1 amide bonds. The minimum Gasteiger partial charge on any atom is -0.451 e. The summed E-state index contributed by atoms with van der Waals surface area (Å²) >= 11 is 0. The molecular weight excluding hydrogens is 344 g/mol. The zero-order valence-electron chi connectivity index (χ0n) is 15.2. The summed E-state index contributed by atoms with van der Waals surface area (Å²) in [5.74, 6) is -1.10. The summed E-state index contributed by atoms with van der Waals surface area (Å²) < 4.78 is 5.07. The number of esters is 1. The number of carbonyl (C=O) groups excluding carboxylic acids is 2. The Morgan fingerprint density at radius 2 is 1.74 bits per heavy atom. The van der Waals surface area contributed by atoms with E-state index >= 15 is 0 Å². The van der Waals surface area contributed by atoms with Crippen molar-refractivity contribution >= 4 is 17.6 Å². The van der Waals surface area contributed by atoms with Gasteiger partial charge in [-0.2, -0.15) is 9.90 Å². The number of benzene rings is 2. The van der Waals surface area contributed by atoms with Crippen molar-refractivity contribution in [3.05, 3.63) is 71.5 Å². The summed E-state index contributed by atoms with van der Waals surface area (Å²) in [6.45, 7) is 3.33. The number of rotatable bonds is 6. The van der Waals surface area contributed by atoms with Crippen LogP contribution in [0.2, 0.25) is 0 Å². The summed E-state index contributed by atoms with van der Waals surface area (Å²) in [5, 5.41) is 11.1. The smallest absolute Gasteiger partial charge is 0.361 e. The Morgan fingerprint density at radius 3 is 2.41 bits per heavy atom. The number of amides is 1. The van der Waals surface area contributed by atoms with Crippen molar-refractivity contribution in [2.45, 2.75) is 20.3 Å². The maximum atomic E-state index is 12.2. The molecule has 7 nitrogen and oxygen atoms in total. The minimum atomic E-state index is -0.689. The van der Waals surface area contributed by atoms with E-state index < -0.39 is 18.5 Å². The molecule has 7 heteroatoms. The van der Waals surface area contributed by atoms with E-state index in [9.17, 15) is 9.59 Å². The van der Waals surface area contributed by atoms with E-state index in [0.717, 1.165) is 12.1 Å². The van der Waals surface area contributed by atoms with E-state index in [-0.39, 0.29) is 5.69 Å². The van der Waals surface area contributed by atoms with E-state index in [2.05, 4.69) is 22.4 Å². The molecule has 2 aromatic carbocycles. The van der Waals surface area contributed by atoms with Gasteiger partial charge < -0.3 is 10.1 Å². The second-order valence-electron chi connectivity index (χ2n) is 5.93. The van der Waals surface area contributed by atoms with E-state index in [1.54, 1.807) is 6.92 Å². The third-order valence-electron chi connectivity index (χ3n) is 3.94. The molecule has 0 spiro atoms. The van der Waals surface area contributed by atoms with Gasteiger partial charge in [0.05, 0.1) is 11.4 Å². The molecular formula is C20H20N4O3. The van der Waals surface area contributed by atoms with Gasteiger partial charge in [-0.15, -0.1) is 5.10 Å². The highest BCUT2D eigenvalue weighted by Gasteiger charge is 2.19. The number of aromatic nitrogens is 3. The Kier molecular flexibility index (Phi) is 5.61. The highest BCUT2D eigenvalue weighted by atomic mass is 16.5. The number of nitrogens with zero attached hydrogens (tertiary/aromatic N) is 3. The maximum absolute atomic E-state index is 12.2. The lowest BCUT2D eigenvalue weighted by Crippen LogP contribution is -2.21. The molecule has 0 bridgehead atoms. The molecule has 0 fully saturated rings. The zero-order chi connectivity index (χ0) is 19.2. The van der Waals surface area contributed by atoms with E-state index in [4.69, 9.17) is 4.74 Å². The second-order valence-corrected chi connectivity index (χ2v) is 5.93. The van der Waals surface area contributed by atoms with Gasteiger partial charge in [0.15, 0.2) is 12.3 Å². The van der Waals surface area contributed by atoms with Crippen LogP contribution in [0.4, 0.5) is 5.69 Å². The van der Waals surface area contributed by atoms with Crippen LogP contribution in [-0.4, -0.2) is 33.5 Å². The Hall–Kier alpha value is -3.48. The normalized spacial score (nSPS) is 10.4. The molecule has 138 valence electrons. The Bertz CT molecular complexity index is 934. The predicted molar refractivity (Wildman–Crippen MR) is 101 cm³/mol. The fourth-order valence-electron chi connectivity index (χ4n) is 2.46. The highest BCUT2D eigenvalue weighted by molar-refractivity contribution is 5.95. The summed E-state index contributed by atoms with van der Waals surface area (Å²) in [4.78, 5) is 25.6. The molecule has 3 rings (SSSR count). The minimum absolute atomic E-state index is 0.0824. The van der Waals surface area contributed by atoms with Crippen molar-refractivity contribution in [1.29, 1.82) is 0 Å². The SMILES string of the molecule is CCc1ccc(NC(=O)COC(=O)c2nn(-c3ccccc3)nc2C)cc1. The van der Waals surface area contributed by atoms with Gasteiger partial charge >= 0.3 is 5.97 Å². The van der Waals surface area contributed by atoms with Crippen molar-refractivity contribution in [3.63, 3.8) is 0 Å². The number of hydrogen-bond donors (Lipinski definition) is 1. The first kappa shape index (κ1) is 18.3. The second kappa shape index (κ2) is 8.27. The van der Waals surface area contributed by atoms with Crippen LogP contribution in [0.25, 0.3) is 5.69 Å². The van der Waals surface area contributed by atoms with Crippen LogP contribution in [-0.2, 0) is 16.0 Å². The first-order chi connectivity index (χ1) is 13.1. The molecule has 0 atom stereocenters. The fourth-order valence-corrected chi connectivity index (χ4v) is 2.46. The van der Waals surface area contributed by atoms with Gasteiger partial charge in [-0.05, 0) is 43.2 Å². The lowest BCUT2D eigenvalue weighted by molar-refractivity contribution is -0.119. The van der Waals surface area contributed by atoms with Crippen LogP contribution >= 0.6 is 0 Å². The topological polar surface area (TPSA) is 86.1 Å². The molecule has 0 aliphatic carbocycles. The molecule has 0 aliphatic heterocycles. The standard InChI is InChI=1S/C20H20N4O3/c1-3-15-9-11-16(12-10-15)21-18(25)13-27-20(26)19-14(2)22-24(23-19)17-7-5-4-6-8-17/h4-12H,3,13H2,1-2H3,(H,21,25). The monoisotopic (exact) mass is 364 g/mol.